The number of aromatic nitrogens is 2. The zero-order valence-corrected chi connectivity index (χ0v) is 16.5. The Bertz CT molecular complexity index is 671. The Kier molecular flexibility index (Phi) is 7.33. The van der Waals surface area contributed by atoms with Gasteiger partial charge in [0.15, 0.2) is 5.16 Å². The third-order valence-corrected chi connectivity index (χ3v) is 4.78. The lowest BCUT2D eigenvalue weighted by Gasteiger charge is -2.12. The van der Waals surface area contributed by atoms with E-state index < -0.39 is 0 Å². The van der Waals surface area contributed by atoms with Crippen molar-refractivity contribution in [1.82, 2.24) is 14.9 Å². The fourth-order valence-corrected chi connectivity index (χ4v) is 3.30. The Morgan fingerprint density at radius 3 is 2.71 bits per heavy atom. The first-order valence-electron chi connectivity index (χ1n) is 7.74. The summed E-state index contributed by atoms with van der Waals surface area (Å²) in [7, 11) is 1.68. The Labute approximate surface area is 155 Å². The van der Waals surface area contributed by atoms with E-state index in [1.54, 1.807) is 7.11 Å². The minimum atomic E-state index is 0.0153. The number of benzene rings is 1. The van der Waals surface area contributed by atoms with Crippen LogP contribution >= 0.6 is 27.7 Å². The molecule has 1 aromatic carbocycles. The Balaban J connectivity index is 2.18. The number of carbonyl (C=O) groups is 1. The van der Waals surface area contributed by atoms with Gasteiger partial charge < -0.3 is 14.6 Å². The van der Waals surface area contributed by atoms with E-state index in [2.05, 4.69) is 30.8 Å². The van der Waals surface area contributed by atoms with Crippen molar-refractivity contribution in [2.24, 2.45) is 0 Å². The van der Waals surface area contributed by atoms with Gasteiger partial charge in [0.25, 0.3) is 0 Å². The molecule has 0 aliphatic carbocycles. The van der Waals surface area contributed by atoms with Crippen molar-refractivity contribution < 1.29 is 9.53 Å². The van der Waals surface area contributed by atoms with Gasteiger partial charge in [-0.3, -0.25) is 4.79 Å². The lowest BCUT2D eigenvalue weighted by Crippen LogP contribution is -2.31. The van der Waals surface area contributed by atoms with Crippen molar-refractivity contribution in [3.63, 3.8) is 0 Å². The van der Waals surface area contributed by atoms with Crippen LogP contribution in [0.15, 0.2) is 40.1 Å². The van der Waals surface area contributed by atoms with E-state index in [9.17, 15) is 4.79 Å². The summed E-state index contributed by atoms with van der Waals surface area (Å²) < 4.78 is 8.35. The minimum absolute atomic E-state index is 0.0153. The molecule has 1 N–H and O–H groups in total. The van der Waals surface area contributed by atoms with Crippen molar-refractivity contribution in [3.05, 3.63) is 34.9 Å². The van der Waals surface area contributed by atoms with Crippen LogP contribution in [-0.4, -0.2) is 41.0 Å². The molecule has 2 aromatic rings. The first kappa shape index (κ1) is 19.0. The maximum absolute atomic E-state index is 11.9. The summed E-state index contributed by atoms with van der Waals surface area (Å²) in [6.07, 6.45) is 1.85. The minimum Gasteiger partial charge on any atom is -0.383 e. The van der Waals surface area contributed by atoms with Gasteiger partial charge in [0.1, 0.15) is 0 Å². The maximum Gasteiger partial charge on any atom is 0.230 e. The smallest absolute Gasteiger partial charge is 0.230 e. The van der Waals surface area contributed by atoms with Gasteiger partial charge in [0.2, 0.25) is 5.91 Å². The SMILES string of the molecule is COCCn1c(-c2ccc(Br)cc2)cnc1SCC(=O)NC(C)C. The molecular weight excluding hydrogens is 390 g/mol. The van der Waals surface area contributed by atoms with Gasteiger partial charge in [-0.25, -0.2) is 4.98 Å². The van der Waals surface area contributed by atoms with Gasteiger partial charge in [-0.15, -0.1) is 0 Å². The number of hydrogen-bond acceptors (Lipinski definition) is 4. The van der Waals surface area contributed by atoms with Crippen LogP contribution in [0.25, 0.3) is 11.3 Å². The predicted octanol–water partition coefficient (Wildman–Crippen LogP) is 3.58. The normalized spacial score (nSPS) is 11.0. The van der Waals surface area contributed by atoms with Crippen LogP contribution in [-0.2, 0) is 16.1 Å². The molecule has 130 valence electrons. The predicted molar refractivity (Wildman–Crippen MR) is 101 cm³/mol. The highest BCUT2D eigenvalue weighted by Crippen LogP contribution is 2.27. The van der Waals surface area contributed by atoms with Crippen molar-refractivity contribution in [3.8, 4) is 11.3 Å². The van der Waals surface area contributed by atoms with Crippen molar-refractivity contribution in [1.29, 1.82) is 0 Å². The first-order valence-corrected chi connectivity index (χ1v) is 9.51. The summed E-state index contributed by atoms with van der Waals surface area (Å²) in [4.78, 5) is 16.4. The number of nitrogens with one attached hydrogen (secondary N) is 1. The van der Waals surface area contributed by atoms with Gasteiger partial charge in [-0.1, -0.05) is 39.8 Å². The molecule has 0 unspecified atom stereocenters. The number of hydrogen-bond donors (Lipinski definition) is 1. The topological polar surface area (TPSA) is 56.2 Å². The molecule has 0 aliphatic rings. The molecule has 1 heterocycles. The molecule has 0 atom stereocenters. The first-order chi connectivity index (χ1) is 11.5. The molecule has 24 heavy (non-hydrogen) atoms. The molecule has 0 aliphatic heterocycles. The largest absolute Gasteiger partial charge is 0.383 e. The fourth-order valence-electron chi connectivity index (χ4n) is 2.22. The van der Waals surface area contributed by atoms with Crippen LogP contribution in [0.1, 0.15) is 13.8 Å². The quantitative estimate of drug-likeness (QED) is 0.674. The summed E-state index contributed by atoms with van der Waals surface area (Å²) in [5, 5.41) is 3.72. The average Bonchev–Trinajstić information content (AvgIpc) is 2.94. The molecule has 0 saturated carbocycles. The summed E-state index contributed by atoms with van der Waals surface area (Å²) in [5.74, 6) is 0.364. The second-order valence-electron chi connectivity index (χ2n) is 5.59. The number of rotatable bonds is 8. The average molecular weight is 412 g/mol. The lowest BCUT2D eigenvalue weighted by atomic mass is 10.2. The van der Waals surface area contributed by atoms with Crippen LogP contribution in [0.3, 0.4) is 0 Å². The summed E-state index contributed by atoms with van der Waals surface area (Å²) >= 11 is 4.89. The second-order valence-corrected chi connectivity index (χ2v) is 7.45. The second kappa shape index (κ2) is 9.25. The Morgan fingerprint density at radius 1 is 1.38 bits per heavy atom. The van der Waals surface area contributed by atoms with Gasteiger partial charge in [-0.05, 0) is 31.5 Å². The number of carbonyl (C=O) groups excluding carboxylic acids is 1. The molecule has 1 amide bonds. The maximum atomic E-state index is 11.9. The molecule has 2 rings (SSSR count). The monoisotopic (exact) mass is 411 g/mol. The molecule has 0 spiro atoms. The number of imidazole rings is 1. The Hall–Kier alpha value is -1.31. The van der Waals surface area contributed by atoms with E-state index in [0.29, 0.717) is 18.9 Å². The number of ether oxygens (including phenoxy) is 1. The third kappa shape index (κ3) is 5.36. The van der Waals surface area contributed by atoms with Gasteiger partial charge in [-0.2, -0.15) is 0 Å². The Morgan fingerprint density at radius 2 is 2.08 bits per heavy atom. The van der Waals surface area contributed by atoms with Crippen molar-refractivity contribution in [2.45, 2.75) is 31.6 Å². The van der Waals surface area contributed by atoms with Crippen LogP contribution in [0.2, 0.25) is 0 Å². The molecule has 5 nitrogen and oxygen atoms in total. The van der Waals surface area contributed by atoms with E-state index in [1.807, 2.05) is 44.3 Å². The number of halogens is 1. The molecule has 7 heteroatoms. The fraction of sp³-hybridized carbons (Fsp3) is 0.412. The van der Waals surface area contributed by atoms with Gasteiger partial charge >= 0.3 is 0 Å². The number of nitrogens with zero attached hydrogens (tertiary/aromatic N) is 2. The van der Waals surface area contributed by atoms with E-state index in [1.165, 1.54) is 11.8 Å². The van der Waals surface area contributed by atoms with Crippen LogP contribution in [0.4, 0.5) is 0 Å². The number of thioether (sulfide) groups is 1. The van der Waals surface area contributed by atoms with E-state index in [4.69, 9.17) is 4.74 Å². The van der Waals surface area contributed by atoms with E-state index in [0.717, 1.165) is 20.9 Å². The van der Waals surface area contributed by atoms with Crippen LogP contribution < -0.4 is 5.32 Å². The number of amides is 1. The van der Waals surface area contributed by atoms with Gasteiger partial charge in [0, 0.05) is 24.2 Å². The molecular formula is C17H22BrN3O2S. The van der Waals surface area contributed by atoms with Gasteiger partial charge in [0.05, 0.1) is 24.3 Å². The standard InChI is InChI=1S/C17H22BrN3O2S/c1-12(2)20-16(22)11-24-17-19-10-15(21(17)8-9-23-3)13-4-6-14(18)7-5-13/h4-7,10,12H,8-9,11H2,1-3H3,(H,20,22). The molecule has 0 fully saturated rings. The summed E-state index contributed by atoms with van der Waals surface area (Å²) in [5.41, 5.74) is 2.10. The lowest BCUT2D eigenvalue weighted by molar-refractivity contribution is -0.119. The molecule has 1 aromatic heterocycles. The van der Waals surface area contributed by atoms with E-state index >= 15 is 0 Å². The molecule has 0 bridgehead atoms. The zero-order chi connectivity index (χ0) is 17.5. The summed E-state index contributed by atoms with van der Waals surface area (Å²) in [6, 6.07) is 8.25. The third-order valence-electron chi connectivity index (χ3n) is 3.26. The van der Waals surface area contributed by atoms with Crippen LogP contribution in [0.5, 0.6) is 0 Å². The zero-order valence-electron chi connectivity index (χ0n) is 14.1. The highest BCUT2D eigenvalue weighted by atomic mass is 79.9. The highest BCUT2D eigenvalue weighted by molar-refractivity contribution is 9.10. The van der Waals surface area contributed by atoms with Crippen molar-refractivity contribution >= 4 is 33.6 Å². The summed E-state index contributed by atoms with van der Waals surface area (Å²) in [6.45, 7) is 5.18. The van der Waals surface area contributed by atoms with E-state index in [-0.39, 0.29) is 11.9 Å². The highest BCUT2D eigenvalue weighted by Gasteiger charge is 2.14. The molecule has 0 saturated heterocycles. The number of methoxy groups -OCH3 is 1. The van der Waals surface area contributed by atoms with Crippen molar-refractivity contribution in [2.75, 3.05) is 19.5 Å². The van der Waals surface area contributed by atoms with Crippen LogP contribution in [0, 0.1) is 0 Å². The molecule has 0 radical (unpaired) electrons.